The highest BCUT2D eigenvalue weighted by Crippen LogP contribution is 2.43. The zero-order chi connectivity index (χ0) is 45.4. The van der Waals surface area contributed by atoms with Crippen molar-refractivity contribution in [2.75, 3.05) is 32.2 Å². The highest BCUT2D eigenvalue weighted by molar-refractivity contribution is 8.00. The van der Waals surface area contributed by atoms with Gasteiger partial charge in [-0.3, -0.25) is 23.4 Å². The average Bonchev–Trinajstić information content (AvgIpc) is 3.23. The molecule has 0 amide bonds. The van der Waals surface area contributed by atoms with E-state index < -0.39 is 81.8 Å². The average molecular weight is 906 g/mol. The SMILES string of the molecule is CCCCC/C=C\C\C=C/C=C/C=C/[C@@H](SC[C@H](N)C(=O)OC[C@H](COP(=O)(O)OC[C@@H](O)CO)OC(=O)CCCCCCCCCCCCCCC)[C@@H](O)CCCC(=O)O. The van der Waals surface area contributed by atoms with Gasteiger partial charge in [-0.05, 0) is 38.5 Å². The molecule has 0 aromatic rings. The molecular weight excluding hydrogens is 826 g/mol. The van der Waals surface area contributed by atoms with E-state index in [1.165, 1.54) is 82.4 Å². The lowest BCUT2D eigenvalue weighted by Gasteiger charge is -2.22. The van der Waals surface area contributed by atoms with Crippen molar-refractivity contribution in [3.8, 4) is 0 Å². The molecule has 61 heavy (non-hydrogen) atoms. The first-order valence-electron chi connectivity index (χ1n) is 22.5. The summed E-state index contributed by atoms with van der Waals surface area (Å²) in [6, 6.07) is -1.17. The minimum Gasteiger partial charge on any atom is -0.481 e. The van der Waals surface area contributed by atoms with Crippen LogP contribution in [-0.4, -0.2) is 105 Å². The van der Waals surface area contributed by atoms with Crippen LogP contribution in [0.2, 0.25) is 0 Å². The Labute approximate surface area is 370 Å². The Kier molecular flexibility index (Phi) is 38.9. The van der Waals surface area contributed by atoms with Crippen LogP contribution in [-0.2, 0) is 37.5 Å². The maximum absolute atomic E-state index is 13.0. The number of ether oxygens (including phenoxy) is 2. The number of carboxylic acids is 1. The lowest BCUT2D eigenvalue weighted by Crippen LogP contribution is -2.38. The normalized spacial score (nSPS) is 15.7. The topological polar surface area (TPSA) is 232 Å². The van der Waals surface area contributed by atoms with Gasteiger partial charge in [0.05, 0.1) is 25.9 Å². The van der Waals surface area contributed by atoms with Gasteiger partial charge < -0.3 is 40.5 Å². The Morgan fingerprint density at radius 2 is 1.31 bits per heavy atom. The molecule has 0 aromatic carbocycles. The molecule has 0 radical (unpaired) electrons. The standard InChI is InChI=1S/C45H80NO13PS/c1-3-5-7-9-11-13-15-17-19-21-23-25-27-32-44(52)59-39(36-58-60(54,55)57-34-38(48)33-47)35-56-45(53)40(46)37-61-42(41(49)29-28-31-43(50)51)30-26-24-22-20-18-16-14-12-10-8-6-4-2/h12,14,18,20,22,24,26,30,38-42,47-49H,3-11,13,15-17,19,21,23,25,27-29,31-37,46H2,1-2H3,(H,50,51)(H,54,55)/b14-12-,20-18-,24-22+,30-26+/t38-,39+,40-,41-,42+/m0/s1. The third-order valence-electron chi connectivity index (χ3n) is 9.48. The Morgan fingerprint density at radius 3 is 1.93 bits per heavy atom. The van der Waals surface area contributed by atoms with E-state index in [4.69, 9.17) is 29.9 Å². The molecule has 0 heterocycles. The minimum absolute atomic E-state index is 0.0188. The zero-order valence-corrected chi connectivity index (χ0v) is 38.7. The van der Waals surface area contributed by atoms with E-state index in [2.05, 4.69) is 30.5 Å². The summed E-state index contributed by atoms with van der Waals surface area (Å²) >= 11 is 1.19. The van der Waals surface area contributed by atoms with E-state index in [1.54, 1.807) is 18.2 Å². The number of hydrogen-bond acceptors (Lipinski definition) is 13. The van der Waals surface area contributed by atoms with Gasteiger partial charge in [0.1, 0.15) is 18.8 Å². The monoisotopic (exact) mass is 906 g/mol. The van der Waals surface area contributed by atoms with Gasteiger partial charge in [0.25, 0.3) is 0 Å². The smallest absolute Gasteiger partial charge is 0.472 e. The Balaban J connectivity index is 5.21. The van der Waals surface area contributed by atoms with Gasteiger partial charge in [-0.25, -0.2) is 4.57 Å². The van der Waals surface area contributed by atoms with Crippen molar-refractivity contribution >= 4 is 37.5 Å². The van der Waals surface area contributed by atoms with Crippen molar-refractivity contribution in [1.82, 2.24) is 0 Å². The molecular formula is C45H80NO13PS. The number of carboxylic acid groups (broad SMARTS) is 1. The molecule has 354 valence electrons. The van der Waals surface area contributed by atoms with E-state index in [-0.39, 0.29) is 31.4 Å². The lowest BCUT2D eigenvalue weighted by molar-refractivity contribution is -0.161. The van der Waals surface area contributed by atoms with Crippen LogP contribution in [0, 0.1) is 0 Å². The highest BCUT2D eigenvalue weighted by atomic mass is 32.2. The Bertz CT molecular complexity index is 1280. The maximum Gasteiger partial charge on any atom is 0.472 e. The molecule has 14 nitrogen and oxygen atoms in total. The molecule has 16 heteroatoms. The number of nitrogens with two attached hydrogens (primary N) is 1. The van der Waals surface area contributed by atoms with Crippen LogP contribution < -0.4 is 5.73 Å². The quantitative estimate of drug-likeness (QED) is 0.0111. The number of rotatable bonds is 42. The second-order valence-electron chi connectivity index (χ2n) is 15.3. The van der Waals surface area contributed by atoms with Crippen molar-refractivity contribution in [1.29, 1.82) is 0 Å². The molecule has 0 saturated carbocycles. The molecule has 7 N–H and O–H groups in total. The summed E-state index contributed by atoms with van der Waals surface area (Å²) in [6.45, 7) is 1.77. The first kappa shape index (κ1) is 58.7. The molecule has 6 atom stereocenters. The molecule has 0 rings (SSSR count). The van der Waals surface area contributed by atoms with Gasteiger partial charge in [0.15, 0.2) is 6.10 Å². The Hall–Kier alpha value is -2.33. The molecule has 0 aromatic heterocycles. The summed E-state index contributed by atoms with van der Waals surface area (Å²) in [7, 11) is -4.75. The third kappa shape index (κ3) is 37.9. The zero-order valence-electron chi connectivity index (χ0n) is 37.0. The van der Waals surface area contributed by atoms with E-state index in [1.807, 2.05) is 18.2 Å². The molecule has 0 bridgehead atoms. The number of esters is 2. The fraction of sp³-hybridized carbons (Fsp3) is 0.756. The van der Waals surface area contributed by atoms with Gasteiger partial charge in [-0.1, -0.05) is 152 Å². The number of phosphoric acid groups is 1. The summed E-state index contributed by atoms with van der Waals surface area (Å²) in [4.78, 5) is 46.8. The van der Waals surface area contributed by atoms with E-state index in [0.717, 1.165) is 38.5 Å². The molecule has 1 unspecified atom stereocenters. The van der Waals surface area contributed by atoms with Crippen molar-refractivity contribution in [2.24, 2.45) is 5.73 Å². The Morgan fingerprint density at radius 1 is 0.721 bits per heavy atom. The van der Waals surface area contributed by atoms with Crippen molar-refractivity contribution < 1.29 is 62.8 Å². The molecule has 0 saturated heterocycles. The molecule has 0 aliphatic rings. The van der Waals surface area contributed by atoms with Crippen LogP contribution in [0.15, 0.2) is 48.6 Å². The molecule has 0 aliphatic carbocycles. The number of hydrogen-bond donors (Lipinski definition) is 6. The van der Waals surface area contributed by atoms with Crippen LogP contribution in [0.4, 0.5) is 0 Å². The predicted octanol–water partition coefficient (Wildman–Crippen LogP) is 8.65. The van der Waals surface area contributed by atoms with Gasteiger partial charge in [-0.15, -0.1) is 11.8 Å². The van der Waals surface area contributed by atoms with Crippen LogP contribution in [0.1, 0.15) is 155 Å². The predicted molar refractivity (Wildman–Crippen MR) is 243 cm³/mol. The van der Waals surface area contributed by atoms with Crippen LogP contribution >= 0.6 is 19.6 Å². The number of carbonyl (C=O) groups excluding carboxylic acids is 2. The number of unbranched alkanes of at least 4 members (excludes halogenated alkanes) is 15. The first-order chi connectivity index (χ1) is 29.3. The molecule has 0 fully saturated rings. The summed E-state index contributed by atoms with van der Waals surface area (Å²) in [5.74, 6) is -2.41. The number of aliphatic hydroxyl groups is 3. The van der Waals surface area contributed by atoms with Gasteiger partial charge in [0.2, 0.25) is 0 Å². The number of thioether (sulfide) groups is 1. The number of aliphatic hydroxyl groups excluding tert-OH is 3. The summed E-state index contributed by atoms with van der Waals surface area (Å²) < 4.78 is 32.8. The van der Waals surface area contributed by atoms with E-state index >= 15 is 0 Å². The number of aliphatic carboxylic acids is 1. The van der Waals surface area contributed by atoms with Gasteiger partial charge >= 0.3 is 25.7 Å². The molecule has 0 spiro atoms. The number of phosphoric ester groups is 1. The fourth-order valence-electron chi connectivity index (χ4n) is 5.85. The minimum atomic E-state index is -4.75. The van der Waals surface area contributed by atoms with Crippen molar-refractivity contribution in [3.63, 3.8) is 0 Å². The van der Waals surface area contributed by atoms with Gasteiger partial charge in [-0.2, -0.15) is 0 Å². The van der Waals surface area contributed by atoms with E-state index in [0.29, 0.717) is 6.42 Å². The second-order valence-corrected chi connectivity index (χ2v) is 18.0. The first-order valence-corrected chi connectivity index (χ1v) is 25.1. The van der Waals surface area contributed by atoms with Crippen LogP contribution in [0.3, 0.4) is 0 Å². The van der Waals surface area contributed by atoms with Crippen molar-refractivity contribution in [3.05, 3.63) is 48.6 Å². The maximum atomic E-state index is 13.0. The second kappa shape index (κ2) is 40.4. The number of carbonyl (C=O) groups is 3. The fourth-order valence-corrected chi connectivity index (χ4v) is 7.76. The van der Waals surface area contributed by atoms with Gasteiger partial charge in [0, 0.05) is 23.8 Å². The molecule has 0 aliphatic heterocycles. The highest BCUT2D eigenvalue weighted by Gasteiger charge is 2.28. The summed E-state index contributed by atoms with van der Waals surface area (Å²) in [6.07, 6.45) is 32.6. The van der Waals surface area contributed by atoms with Crippen LogP contribution in [0.5, 0.6) is 0 Å². The summed E-state index contributed by atoms with van der Waals surface area (Å²) in [5, 5.41) is 37.8. The van der Waals surface area contributed by atoms with E-state index in [9.17, 15) is 34.1 Å². The largest absolute Gasteiger partial charge is 0.481 e. The van der Waals surface area contributed by atoms with Crippen molar-refractivity contribution in [2.45, 2.75) is 185 Å². The lowest BCUT2D eigenvalue weighted by atomic mass is 10.0. The van der Waals surface area contributed by atoms with Crippen LogP contribution in [0.25, 0.3) is 0 Å². The third-order valence-corrected chi connectivity index (χ3v) is 11.8. The number of allylic oxidation sites excluding steroid dienone is 7. The summed E-state index contributed by atoms with van der Waals surface area (Å²) in [5.41, 5.74) is 6.15.